The lowest BCUT2D eigenvalue weighted by atomic mass is 10.1. The third kappa shape index (κ3) is 3.69. The van der Waals surface area contributed by atoms with Gasteiger partial charge in [0.25, 0.3) is 0 Å². The fourth-order valence-electron chi connectivity index (χ4n) is 3.37. The highest BCUT2D eigenvalue weighted by atomic mass is 16.5. The second kappa shape index (κ2) is 7.70. The number of aryl methyl sites for hydroxylation is 1. The van der Waals surface area contributed by atoms with E-state index >= 15 is 0 Å². The average Bonchev–Trinajstić information content (AvgIpc) is 3.20. The predicted octanol–water partition coefficient (Wildman–Crippen LogP) is 2.42. The first kappa shape index (κ1) is 17.5. The molecule has 6 nitrogen and oxygen atoms in total. The highest BCUT2D eigenvalue weighted by Gasteiger charge is 2.30. The molecule has 1 aromatic heterocycles. The number of nitrogens with zero attached hydrogens (tertiary/aromatic N) is 2. The van der Waals surface area contributed by atoms with Gasteiger partial charge in [-0.3, -0.25) is 19.6 Å². The summed E-state index contributed by atoms with van der Waals surface area (Å²) in [6.07, 6.45) is 1.42. The molecule has 0 radical (unpaired) electrons. The van der Waals surface area contributed by atoms with Crippen LogP contribution in [-0.2, 0) is 20.7 Å². The molecule has 6 heteroatoms. The third-order valence-electron chi connectivity index (χ3n) is 4.63. The van der Waals surface area contributed by atoms with E-state index in [0.29, 0.717) is 39.1 Å². The van der Waals surface area contributed by atoms with E-state index in [0.717, 1.165) is 28.6 Å². The number of carbonyl (C=O) groups excluding carboxylic acids is 2. The summed E-state index contributed by atoms with van der Waals surface area (Å²) in [5, 5.41) is 4.27. The van der Waals surface area contributed by atoms with Gasteiger partial charge in [-0.2, -0.15) is 0 Å². The van der Waals surface area contributed by atoms with Gasteiger partial charge in [0, 0.05) is 36.3 Å². The maximum absolute atomic E-state index is 12.8. The van der Waals surface area contributed by atoms with Crippen LogP contribution in [0.25, 0.3) is 10.9 Å². The van der Waals surface area contributed by atoms with Crippen molar-refractivity contribution in [2.24, 2.45) is 0 Å². The Balaban J connectivity index is 1.71. The van der Waals surface area contributed by atoms with E-state index in [2.05, 4.69) is 4.98 Å². The molecule has 1 aromatic carbocycles. The molecule has 0 spiro atoms. The summed E-state index contributed by atoms with van der Waals surface area (Å²) in [7, 11) is 0. The van der Waals surface area contributed by atoms with Crippen LogP contribution in [0.5, 0.6) is 0 Å². The molecular weight excluding hydrogens is 318 g/mol. The van der Waals surface area contributed by atoms with Crippen molar-refractivity contribution in [1.29, 1.82) is 0 Å². The first-order chi connectivity index (χ1) is 12.1. The molecule has 1 fully saturated rings. The maximum atomic E-state index is 12.8. The number of carbonyl (C=O) groups is 2. The van der Waals surface area contributed by atoms with E-state index in [9.17, 15) is 9.59 Å². The maximum Gasteiger partial charge on any atom is 0.245 e. The molecule has 1 aliphatic rings. The molecule has 0 aliphatic carbocycles. The fourth-order valence-corrected chi connectivity index (χ4v) is 3.37. The van der Waals surface area contributed by atoms with Gasteiger partial charge in [-0.1, -0.05) is 18.2 Å². The molecule has 0 atom stereocenters. The number of hydrogen-bond acceptors (Lipinski definition) is 3. The Hall–Kier alpha value is -2.34. The smallest absolute Gasteiger partial charge is 0.245 e. The van der Waals surface area contributed by atoms with Crippen molar-refractivity contribution >= 4 is 22.7 Å². The van der Waals surface area contributed by atoms with Crippen molar-refractivity contribution in [2.45, 2.75) is 33.1 Å². The molecule has 2 amide bonds. The number of aromatic amines is 1. The van der Waals surface area contributed by atoms with Gasteiger partial charge in [0.2, 0.25) is 11.8 Å². The number of hydrazine groups is 1. The SMILES string of the molecule is CCOCCC(=O)N1CCCN1C(=O)Cc1c(C)[nH]c2ccccc12. The lowest BCUT2D eigenvalue weighted by molar-refractivity contribution is -0.158. The summed E-state index contributed by atoms with van der Waals surface area (Å²) in [6, 6.07) is 7.98. The summed E-state index contributed by atoms with van der Waals surface area (Å²) in [6.45, 7) is 6.08. The van der Waals surface area contributed by atoms with Crippen molar-refractivity contribution in [2.75, 3.05) is 26.3 Å². The summed E-state index contributed by atoms with van der Waals surface area (Å²) in [5.74, 6) is -0.0786. The van der Waals surface area contributed by atoms with Crippen LogP contribution >= 0.6 is 0 Å². The van der Waals surface area contributed by atoms with Crippen molar-refractivity contribution in [3.63, 3.8) is 0 Å². The quantitative estimate of drug-likeness (QED) is 0.819. The van der Waals surface area contributed by atoms with Crippen molar-refractivity contribution in [3.8, 4) is 0 Å². The Bertz CT molecular complexity index is 768. The van der Waals surface area contributed by atoms with Crippen molar-refractivity contribution in [1.82, 2.24) is 15.0 Å². The number of benzene rings is 1. The Morgan fingerprint density at radius 2 is 1.88 bits per heavy atom. The van der Waals surface area contributed by atoms with Gasteiger partial charge in [0.1, 0.15) is 0 Å². The minimum Gasteiger partial charge on any atom is -0.381 e. The fraction of sp³-hybridized carbons (Fsp3) is 0.474. The third-order valence-corrected chi connectivity index (χ3v) is 4.63. The number of para-hydroxylation sites is 1. The van der Waals surface area contributed by atoms with Gasteiger partial charge in [0.15, 0.2) is 0 Å². The second-order valence-electron chi connectivity index (χ2n) is 6.29. The summed E-state index contributed by atoms with van der Waals surface area (Å²) in [4.78, 5) is 28.5. The van der Waals surface area contributed by atoms with E-state index in [1.54, 1.807) is 10.0 Å². The molecular formula is C19H25N3O3. The molecule has 1 saturated heterocycles. The van der Waals surface area contributed by atoms with Crippen LogP contribution in [-0.4, -0.2) is 53.1 Å². The second-order valence-corrected chi connectivity index (χ2v) is 6.29. The number of ether oxygens (including phenoxy) is 1. The number of hydrogen-bond donors (Lipinski definition) is 1. The van der Waals surface area contributed by atoms with Crippen LogP contribution in [0, 0.1) is 6.92 Å². The molecule has 2 heterocycles. The first-order valence-electron chi connectivity index (χ1n) is 8.86. The van der Waals surface area contributed by atoms with Gasteiger partial charge >= 0.3 is 0 Å². The largest absolute Gasteiger partial charge is 0.381 e. The van der Waals surface area contributed by atoms with Crippen molar-refractivity contribution in [3.05, 3.63) is 35.5 Å². The molecule has 134 valence electrons. The number of rotatable bonds is 6. The van der Waals surface area contributed by atoms with E-state index in [4.69, 9.17) is 4.74 Å². The van der Waals surface area contributed by atoms with Gasteiger partial charge in [0.05, 0.1) is 19.4 Å². The predicted molar refractivity (Wildman–Crippen MR) is 95.9 cm³/mol. The molecule has 1 aliphatic heterocycles. The molecule has 2 aromatic rings. The minimum atomic E-state index is -0.0463. The van der Waals surface area contributed by atoms with Crippen LogP contribution in [0.3, 0.4) is 0 Å². The highest BCUT2D eigenvalue weighted by molar-refractivity contribution is 5.91. The molecule has 1 N–H and O–H groups in total. The van der Waals surface area contributed by atoms with Gasteiger partial charge in [-0.25, -0.2) is 0 Å². The lowest BCUT2D eigenvalue weighted by Crippen LogP contribution is -2.45. The normalized spacial score (nSPS) is 14.5. The van der Waals surface area contributed by atoms with Crippen LogP contribution in [0.4, 0.5) is 0 Å². The van der Waals surface area contributed by atoms with E-state index in [1.807, 2.05) is 38.1 Å². The topological polar surface area (TPSA) is 65.6 Å². The molecule has 0 bridgehead atoms. The summed E-state index contributed by atoms with van der Waals surface area (Å²) >= 11 is 0. The minimum absolute atomic E-state index is 0.0323. The Morgan fingerprint density at radius 3 is 2.64 bits per heavy atom. The number of fused-ring (bicyclic) bond motifs is 1. The van der Waals surface area contributed by atoms with Crippen LogP contribution in [0.1, 0.15) is 31.0 Å². The lowest BCUT2D eigenvalue weighted by Gasteiger charge is -2.28. The number of amides is 2. The molecule has 0 unspecified atom stereocenters. The van der Waals surface area contributed by atoms with Gasteiger partial charge in [-0.15, -0.1) is 0 Å². The zero-order valence-electron chi connectivity index (χ0n) is 14.9. The summed E-state index contributed by atoms with van der Waals surface area (Å²) < 4.78 is 5.25. The molecule has 25 heavy (non-hydrogen) atoms. The highest BCUT2D eigenvalue weighted by Crippen LogP contribution is 2.24. The number of nitrogens with one attached hydrogen (secondary N) is 1. The monoisotopic (exact) mass is 343 g/mol. The number of H-pyrrole nitrogens is 1. The summed E-state index contributed by atoms with van der Waals surface area (Å²) in [5.41, 5.74) is 3.05. The van der Waals surface area contributed by atoms with E-state index in [-0.39, 0.29) is 11.8 Å². The average molecular weight is 343 g/mol. The Kier molecular flexibility index (Phi) is 5.38. The zero-order valence-corrected chi connectivity index (χ0v) is 14.9. The van der Waals surface area contributed by atoms with Gasteiger partial charge < -0.3 is 9.72 Å². The van der Waals surface area contributed by atoms with Gasteiger partial charge in [-0.05, 0) is 31.9 Å². The van der Waals surface area contributed by atoms with Crippen LogP contribution in [0.15, 0.2) is 24.3 Å². The zero-order chi connectivity index (χ0) is 17.8. The van der Waals surface area contributed by atoms with Crippen molar-refractivity contribution < 1.29 is 14.3 Å². The number of aromatic nitrogens is 1. The standard InChI is InChI=1S/C19H25N3O3/c1-3-25-12-9-18(23)21-10-6-11-22(21)19(24)13-16-14(2)20-17-8-5-4-7-15(16)17/h4-5,7-8,20H,3,6,9-13H2,1-2H3. The molecule has 0 saturated carbocycles. The van der Waals surface area contributed by atoms with Crippen LogP contribution in [0.2, 0.25) is 0 Å². The van der Waals surface area contributed by atoms with E-state index < -0.39 is 0 Å². The Labute approximate surface area is 147 Å². The molecule has 3 rings (SSSR count). The first-order valence-corrected chi connectivity index (χ1v) is 8.86. The Morgan fingerprint density at radius 1 is 1.16 bits per heavy atom. The van der Waals surface area contributed by atoms with E-state index in [1.165, 1.54) is 0 Å². The van der Waals surface area contributed by atoms with Crippen LogP contribution < -0.4 is 0 Å².